The Bertz CT molecular complexity index is 1510. The van der Waals surface area contributed by atoms with Gasteiger partial charge in [0.15, 0.2) is 12.4 Å². The van der Waals surface area contributed by atoms with Crippen LogP contribution in [0.15, 0.2) is 83.9 Å². The summed E-state index contributed by atoms with van der Waals surface area (Å²) in [5.41, 5.74) is 1.94. The lowest BCUT2D eigenvalue weighted by Crippen LogP contribution is -2.31. The third kappa shape index (κ3) is 4.99. The number of carbonyl (C=O) groups is 4. The molecule has 1 aliphatic rings. The van der Waals surface area contributed by atoms with Crippen LogP contribution in [0.25, 0.3) is 10.9 Å². The summed E-state index contributed by atoms with van der Waals surface area (Å²) in [6, 6.07) is 20.4. The van der Waals surface area contributed by atoms with Crippen molar-refractivity contribution in [2.75, 3.05) is 18.6 Å². The first-order chi connectivity index (χ1) is 17.9. The number of amides is 2. The number of nitrogens with one attached hydrogen (secondary N) is 1. The summed E-state index contributed by atoms with van der Waals surface area (Å²) in [7, 11) is 1.53. The number of carbonyl (C=O) groups excluding carboxylic acids is 4. The summed E-state index contributed by atoms with van der Waals surface area (Å²) in [4.78, 5) is 56.0. The molecule has 1 aromatic heterocycles. The number of H-pyrrole nitrogens is 1. The second kappa shape index (κ2) is 10.3. The number of aromatic nitrogens is 1. The zero-order valence-corrected chi connectivity index (χ0v) is 20.6. The maximum absolute atomic E-state index is 13.2. The van der Waals surface area contributed by atoms with E-state index >= 15 is 0 Å². The van der Waals surface area contributed by atoms with E-state index in [0.29, 0.717) is 21.9 Å². The molecule has 9 heteroatoms. The number of rotatable bonds is 8. The number of nitrogens with zero attached hydrogens (tertiary/aromatic N) is 1. The molecule has 5 rings (SSSR count). The molecule has 2 amide bonds. The van der Waals surface area contributed by atoms with Crippen molar-refractivity contribution in [3.63, 3.8) is 0 Å². The predicted molar refractivity (Wildman–Crippen MR) is 139 cm³/mol. The smallest absolute Gasteiger partial charge is 0.339 e. The summed E-state index contributed by atoms with van der Waals surface area (Å²) in [6.45, 7) is -0.431. The fraction of sp³-hybridized carbons (Fsp3) is 0.143. The highest BCUT2D eigenvalue weighted by molar-refractivity contribution is 8.00. The highest BCUT2D eigenvalue weighted by Crippen LogP contribution is 2.36. The van der Waals surface area contributed by atoms with Crippen molar-refractivity contribution >= 4 is 51.9 Å². The van der Waals surface area contributed by atoms with Crippen LogP contribution in [-0.2, 0) is 14.3 Å². The number of anilines is 1. The molecule has 0 bridgehead atoms. The number of ether oxygens (including phenoxy) is 2. The Morgan fingerprint density at radius 3 is 2.59 bits per heavy atom. The number of ketones is 1. The van der Waals surface area contributed by atoms with E-state index in [9.17, 15) is 19.2 Å². The molecule has 1 atom stereocenters. The van der Waals surface area contributed by atoms with Crippen LogP contribution in [0.4, 0.5) is 5.69 Å². The van der Waals surface area contributed by atoms with Gasteiger partial charge in [-0.2, -0.15) is 0 Å². The first kappa shape index (κ1) is 24.3. The first-order valence-corrected chi connectivity index (χ1v) is 12.4. The molecule has 2 heterocycles. The lowest BCUT2D eigenvalue weighted by atomic mass is 10.1. The van der Waals surface area contributed by atoms with Gasteiger partial charge in [0.05, 0.1) is 23.6 Å². The number of hydrogen-bond acceptors (Lipinski definition) is 7. The quantitative estimate of drug-likeness (QED) is 0.207. The van der Waals surface area contributed by atoms with Gasteiger partial charge in [0.1, 0.15) is 5.75 Å². The minimum Gasteiger partial charge on any atom is -0.497 e. The number of methoxy groups -OCH3 is 1. The third-order valence-electron chi connectivity index (χ3n) is 6.02. The molecular formula is C28H22N2O6S. The average Bonchev–Trinajstić information content (AvgIpc) is 3.50. The van der Waals surface area contributed by atoms with E-state index in [2.05, 4.69) is 4.98 Å². The number of hydrogen-bond donors (Lipinski definition) is 1. The molecule has 1 saturated heterocycles. The van der Waals surface area contributed by atoms with Crippen LogP contribution in [0.3, 0.4) is 0 Å². The van der Waals surface area contributed by atoms with Gasteiger partial charge in [-0.25, -0.2) is 9.69 Å². The van der Waals surface area contributed by atoms with Gasteiger partial charge in [0, 0.05) is 28.6 Å². The molecule has 4 aromatic rings. The van der Waals surface area contributed by atoms with E-state index in [1.807, 2.05) is 12.1 Å². The first-order valence-electron chi connectivity index (χ1n) is 11.5. The SMILES string of the molecule is COc1ccc(C(=O)COC(=O)c2ccccc2SC2CC(=O)N(c3ccc4cc[nH]c4c3)C2=O)cc1. The minimum atomic E-state index is -0.693. The number of imide groups is 1. The number of esters is 1. The van der Waals surface area contributed by atoms with E-state index in [1.165, 1.54) is 12.0 Å². The Labute approximate surface area is 216 Å². The number of fused-ring (bicyclic) bond motifs is 1. The summed E-state index contributed by atoms with van der Waals surface area (Å²) in [5.74, 6) is -1.08. The number of thioether (sulfide) groups is 1. The molecule has 0 aliphatic carbocycles. The molecule has 1 aliphatic heterocycles. The molecule has 0 saturated carbocycles. The molecule has 0 spiro atoms. The van der Waals surface area contributed by atoms with Crippen LogP contribution in [0.5, 0.6) is 5.75 Å². The Kier molecular flexibility index (Phi) is 6.78. The second-order valence-electron chi connectivity index (χ2n) is 8.35. The Balaban J connectivity index is 1.27. The van der Waals surface area contributed by atoms with Gasteiger partial charge in [-0.05, 0) is 60.0 Å². The fourth-order valence-electron chi connectivity index (χ4n) is 4.10. The molecule has 1 N–H and O–H groups in total. The zero-order chi connectivity index (χ0) is 25.9. The van der Waals surface area contributed by atoms with Crippen LogP contribution in [0.1, 0.15) is 27.1 Å². The van der Waals surface area contributed by atoms with Crippen molar-refractivity contribution in [1.29, 1.82) is 0 Å². The van der Waals surface area contributed by atoms with Crippen LogP contribution in [0.2, 0.25) is 0 Å². The van der Waals surface area contributed by atoms with Gasteiger partial charge in [0.2, 0.25) is 11.8 Å². The topological polar surface area (TPSA) is 106 Å². The molecule has 0 radical (unpaired) electrons. The molecular weight excluding hydrogens is 492 g/mol. The van der Waals surface area contributed by atoms with Crippen molar-refractivity contribution in [3.8, 4) is 5.75 Å². The Morgan fingerprint density at radius 1 is 1.03 bits per heavy atom. The molecule has 37 heavy (non-hydrogen) atoms. The predicted octanol–water partition coefficient (Wildman–Crippen LogP) is 4.64. The van der Waals surface area contributed by atoms with Gasteiger partial charge in [-0.1, -0.05) is 18.2 Å². The normalized spacial score (nSPS) is 15.3. The molecule has 1 unspecified atom stereocenters. The highest BCUT2D eigenvalue weighted by atomic mass is 32.2. The summed E-state index contributed by atoms with van der Waals surface area (Å²) >= 11 is 1.14. The molecule has 8 nitrogen and oxygen atoms in total. The average molecular weight is 515 g/mol. The van der Waals surface area contributed by atoms with Gasteiger partial charge in [0.25, 0.3) is 0 Å². The van der Waals surface area contributed by atoms with Crippen molar-refractivity contribution < 1.29 is 28.7 Å². The largest absolute Gasteiger partial charge is 0.497 e. The van der Waals surface area contributed by atoms with Crippen LogP contribution >= 0.6 is 11.8 Å². The minimum absolute atomic E-state index is 0.00556. The van der Waals surface area contributed by atoms with Gasteiger partial charge >= 0.3 is 5.97 Å². The van der Waals surface area contributed by atoms with Crippen molar-refractivity contribution in [2.45, 2.75) is 16.6 Å². The number of aromatic amines is 1. The Morgan fingerprint density at radius 2 is 1.81 bits per heavy atom. The monoisotopic (exact) mass is 514 g/mol. The van der Waals surface area contributed by atoms with Crippen LogP contribution in [-0.4, -0.2) is 47.5 Å². The second-order valence-corrected chi connectivity index (χ2v) is 9.60. The van der Waals surface area contributed by atoms with Crippen molar-refractivity contribution in [1.82, 2.24) is 4.98 Å². The number of benzene rings is 3. The summed E-state index contributed by atoms with van der Waals surface area (Å²) in [5, 5.41) is 0.286. The standard InChI is InChI=1S/C28H22N2O6S/c1-35-20-10-7-18(8-11-20)23(31)16-36-28(34)21-4-2-3-5-24(21)37-25-15-26(32)30(27(25)33)19-9-6-17-12-13-29-22(17)14-19/h2-14,25,29H,15-16H2,1H3. The summed E-state index contributed by atoms with van der Waals surface area (Å²) < 4.78 is 10.4. The lowest BCUT2D eigenvalue weighted by molar-refractivity contribution is -0.121. The maximum atomic E-state index is 13.2. The molecule has 186 valence electrons. The van der Waals surface area contributed by atoms with E-state index < -0.39 is 17.8 Å². The Hall–Kier alpha value is -4.37. The lowest BCUT2D eigenvalue weighted by Gasteiger charge is -2.16. The van der Waals surface area contributed by atoms with Crippen molar-refractivity contribution in [3.05, 3.63) is 90.1 Å². The van der Waals surface area contributed by atoms with E-state index in [4.69, 9.17) is 9.47 Å². The molecule has 3 aromatic carbocycles. The van der Waals surface area contributed by atoms with E-state index in [-0.39, 0.29) is 29.6 Å². The van der Waals surface area contributed by atoms with E-state index in [1.54, 1.807) is 66.9 Å². The van der Waals surface area contributed by atoms with Crippen LogP contribution in [0, 0.1) is 0 Å². The zero-order valence-electron chi connectivity index (χ0n) is 19.8. The van der Waals surface area contributed by atoms with Gasteiger partial charge in [-0.3, -0.25) is 14.4 Å². The summed E-state index contributed by atoms with van der Waals surface area (Å²) in [6.07, 6.45) is 1.80. The van der Waals surface area contributed by atoms with Gasteiger partial charge in [-0.15, -0.1) is 11.8 Å². The van der Waals surface area contributed by atoms with Crippen LogP contribution < -0.4 is 9.64 Å². The third-order valence-corrected chi connectivity index (χ3v) is 7.29. The van der Waals surface area contributed by atoms with E-state index in [0.717, 1.165) is 22.7 Å². The molecule has 1 fully saturated rings. The fourth-order valence-corrected chi connectivity index (χ4v) is 5.28. The highest BCUT2D eigenvalue weighted by Gasteiger charge is 2.40. The maximum Gasteiger partial charge on any atom is 0.339 e. The van der Waals surface area contributed by atoms with Gasteiger partial charge < -0.3 is 14.5 Å². The number of Topliss-reactive ketones (excluding diaryl/α,β-unsaturated/α-hetero) is 1. The van der Waals surface area contributed by atoms with Crippen molar-refractivity contribution in [2.24, 2.45) is 0 Å².